The normalized spacial score (nSPS) is 10.9. The summed E-state index contributed by atoms with van der Waals surface area (Å²) < 4.78 is 6.93. The summed E-state index contributed by atoms with van der Waals surface area (Å²) in [5.74, 6) is -0.764. The van der Waals surface area contributed by atoms with E-state index in [9.17, 15) is 9.59 Å². The average Bonchev–Trinajstić information content (AvgIpc) is 3.42. The highest BCUT2D eigenvalue weighted by Crippen LogP contribution is 2.22. The van der Waals surface area contributed by atoms with Gasteiger partial charge in [0.05, 0.1) is 12.1 Å². The molecule has 4 rings (SSSR count). The zero-order chi connectivity index (χ0) is 20.2. The van der Waals surface area contributed by atoms with Gasteiger partial charge in [-0.25, -0.2) is 14.5 Å². The lowest BCUT2D eigenvalue weighted by atomic mass is 10.1. The summed E-state index contributed by atoms with van der Waals surface area (Å²) in [5.41, 5.74) is 4.00. The van der Waals surface area contributed by atoms with Crippen molar-refractivity contribution in [3.8, 4) is 0 Å². The maximum Gasteiger partial charge on any atom is 0.338 e. The molecule has 146 valence electrons. The Hall–Kier alpha value is -3.74. The number of benzene rings is 2. The number of H-pyrrole nitrogens is 1. The number of rotatable bonds is 7. The first-order valence-corrected chi connectivity index (χ1v) is 9.36. The van der Waals surface area contributed by atoms with Crippen LogP contribution in [0.5, 0.6) is 0 Å². The van der Waals surface area contributed by atoms with Gasteiger partial charge in [-0.05, 0) is 29.7 Å². The first-order chi connectivity index (χ1) is 14.2. The predicted molar refractivity (Wildman–Crippen MR) is 108 cm³/mol. The molecule has 0 radical (unpaired) electrons. The fourth-order valence-corrected chi connectivity index (χ4v) is 3.28. The van der Waals surface area contributed by atoms with Gasteiger partial charge in [-0.15, -0.1) is 0 Å². The number of aryl methyl sites for hydroxylation is 1. The van der Waals surface area contributed by atoms with Gasteiger partial charge in [0.1, 0.15) is 12.7 Å². The molecular weight excluding hydrogens is 368 g/mol. The standard InChI is InChI=1S/C22H20N4O3/c1-2-16-4-3-5-18-19(10-24-21(16)18)20(27)12-29-22(28)17-8-6-15(7-9-17)11-26-14-23-13-25-26/h3-10,13-14,24H,2,11-12H2,1H3. The number of ether oxygens (including phenoxy) is 1. The summed E-state index contributed by atoms with van der Waals surface area (Å²) in [6, 6.07) is 12.9. The van der Waals surface area contributed by atoms with Crippen LogP contribution in [0.3, 0.4) is 0 Å². The van der Waals surface area contributed by atoms with Crippen LogP contribution in [0.2, 0.25) is 0 Å². The van der Waals surface area contributed by atoms with Crippen molar-refractivity contribution in [3.63, 3.8) is 0 Å². The van der Waals surface area contributed by atoms with Gasteiger partial charge >= 0.3 is 5.97 Å². The summed E-state index contributed by atoms with van der Waals surface area (Å²) >= 11 is 0. The highest BCUT2D eigenvalue weighted by atomic mass is 16.5. The Labute approximate surface area is 167 Å². The molecule has 0 bridgehead atoms. The van der Waals surface area contributed by atoms with Gasteiger partial charge in [-0.1, -0.05) is 37.3 Å². The molecule has 0 atom stereocenters. The van der Waals surface area contributed by atoms with Crippen molar-refractivity contribution < 1.29 is 14.3 Å². The second-order valence-corrected chi connectivity index (χ2v) is 6.68. The molecule has 2 aromatic heterocycles. The molecule has 0 saturated carbocycles. The van der Waals surface area contributed by atoms with Crippen molar-refractivity contribution in [3.05, 3.63) is 83.6 Å². The number of para-hydroxylation sites is 1. The van der Waals surface area contributed by atoms with Crippen LogP contribution in [0.15, 0.2) is 61.3 Å². The van der Waals surface area contributed by atoms with Crippen molar-refractivity contribution >= 4 is 22.7 Å². The molecule has 7 heteroatoms. The predicted octanol–water partition coefficient (Wildman–Crippen LogP) is 3.41. The van der Waals surface area contributed by atoms with Crippen LogP contribution in [0.4, 0.5) is 0 Å². The Morgan fingerprint density at radius 3 is 2.69 bits per heavy atom. The molecule has 1 N–H and O–H groups in total. The summed E-state index contributed by atoms with van der Waals surface area (Å²) in [7, 11) is 0. The molecule has 29 heavy (non-hydrogen) atoms. The molecule has 0 fully saturated rings. The fraction of sp³-hybridized carbons (Fsp3) is 0.182. The highest BCUT2D eigenvalue weighted by Gasteiger charge is 2.16. The molecule has 2 aromatic carbocycles. The number of esters is 1. The first-order valence-electron chi connectivity index (χ1n) is 9.36. The van der Waals surface area contributed by atoms with Crippen LogP contribution >= 0.6 is 0 Å². The zero-order valence-corrected chi connectivity index (χ0v) is 16.0. The molecule has 2 heterocycles. The van der Waals surface area contributed by atoms with Crippen LogP contribution in [0, 0.1) is 0 Å². The number of Topliss-reactive ketones (excluding diaryl/α,β-unsaturated/α-hetero) is 1. The van der Waals surface area contributed by atoms with Crippen LogP contribution in [-0.2, 0) is 17.7 Å². The van der Waals surface area contributed by atoms with E-state index in [-0.39, 0.29) is 12.4 Å². The van der Waals surface area contributed by atoms with Crippen molar-refractivity contribution in [1.29, 1.82) is 0 Å². The van der Waals surface area contributed by atoms with E-state index < -0.39 is 5.97 Å². The quantitative estimate of drug-likeness (QED) is 0.387. The summed E-state index contributed by atoms with van der Waals surface area (Å²) in [5, 5.41) is 4.90. The van der Waals surface area contributed by atoms with Gasteiger partial charge in [0.2, 0.25) is 5.78 Å². The largest absolute Gasteiger partial charge is 0.454 e. The number of aromatic nitrogens is 4. The topological polar surface area (TPSA) is 89.9 Å². The number of carbonyl (C=O) groups is 2. The molecule has 0 aliphatic rings. The fourth-order valence-electron chi connectivity index (χ4n) is 3.28. The van der Waals surface area contributed by atoms with E-state index in [0.29, 0.717) is 17.7 Å². The number of carbonyl (C=O) groups excluding carboxylic acids is 2. The summed E-state index contributed by atoms with van der Waals surface area (Å²) in [6.45, 7) is 2.33. The third-order valence-electron chi connectivity index (χ3n) is 4.82. The van der Waals surface area contributed by atoms with Gasteiger partial charge in [0.15, 0.2) is 6.61 Å². The smallest absolute Gasteiger partial charge is 0.338 e. The third-order valence-corrected chi connectivity index (χ3v) is 4.82. The molecule has 7 nitrogen and oxygen atoms in total. The van der Waals surface area contributed by atoms with Crippen LogP contribution in [0.25, 0.3) is 10.9 Å². The molecule has 0 saturated heterocycles. The SMILES string of the molecule is CCc1cccc2c(C(=O)COC(=O)c3ccc(Cn4cncn4)cc3)c[nH]c12. The maximum absolute atomic E-state index is 12.6. The Kier molecular flexibility index (Phi) is 5.20. The first kappa shape index (κ1) is 18.6. The van der Waals surface area contributed by atoms with E-state index in [1.807, 2.05) is 30.3 Å². The molecule has 4 aromatic rings. The minimum atomic E-state index is -0.528. The molecule has 0 aliphatic carbocycles. The van der Waals surface area contributed by atoms with E-state index in [0.717, 1.165) is 28.5 Å². The van der Waals surface area contributed by atoms with Gasteiger partial charge in [-0.3, -0.25) is 4.79 Å². The number of ketones is 1. The molecule has 0 amide bonds. The third kappa shape index (κ3) is 3.94. The van der Waals surface area contributed by atoms with Crippen LogP contribution in [-0.4, -0.2) is 38.1 Å². The van der Waals surface area contributed by atoms with Crippen molar-refractivity contribution in [2.45, 2.75) is 19.9 Å². The second kappa shape index (κ2) is 8.10. The second-order valence-electron chi connectivity index (χ2n) is 6.68. The van der Waals surface area contributed by atoms with E-state index in [1.54, 1.807) is 29.3 Å². The molecule has 0 spiro atoms. The minimum absolute atomic E-state index is 0.236. The average molecular weight is 388 g/mol. The number of hydrogen-bond acceptors (Lipinski definition) is 5. The van der Waals surface area contributed by atoms with E-state index in [2.05, 4.69) is 22.0 Å². The molecular formula is C22H20N4O3. The highest BCUT2D eigenvalue weighted by molar-refractivity contribution is 6.09. The van der Waals surface area contributed by atoms with E-state index in [4.69, 9.17) is 4.74 Å². The monoisotopic (exact) mass is 388 g/mol. The summed E-state index contributed by atoms with van der Waals surface area (Å²) in [6.07, 6.45) is 5.65. The molecule has 0 aliphatic heterocycles. The lowest BCUT2D eigenvalue weighted by Gasteiger charge is -2.06. The lowest BCUT2D eigenvalue weighted by Crippen LogP contribution is -2.14. The van der Waals surface area contributed by atoms with E-state index in [1.165, 1.54) is 6.33 Å². The van der Waals surface area contributed by atoms with Crippen molar-refractivity contribution in [1.82, 2.24) is 19.7 Å². The van der Waals surface area contributed by atoms with Gasteiger partial charge in [-0.2, -0.15) is 5.10 Å². The van der Waals surface area contributed by atoms with Gasteiger partial charge in [0, 0.05) is 22.7 Å². The van der Waals surface area contributed by atoms with Gasteiger partial charge < -0.3 is 9.72 Å². The minimum Gasteiger partial charge on any atom is -0.454 e. The maximum atomic E-state index is 12.6. The van der Waals surface area contributed by atoms with E-state index >= 15 is 0 Å². The Morgan fingerprint density at radius 2 is 1.97 bits per heavy atom. The lowest BCUT2D eigenvalue weighted by molar-refractivity contribution is 0.0475. The number of hydrogen-bond donors (Lipinski definition) is 1. The van der Waals surface area contributed by atoms with Gasteiger partial charge in [0.25, 0.3) is 0 Å². The van der Waals surface area contributed by atoms with Crippen molar-refractivity contribution in [2.75, 3.05) is 6.61 Å². The summed E-state index contributed by atoms with van der Waals surface area (Å²) in [4.78, 5) is 31.9. The Balaban J connectivity index is 1.40. The van der Waals surface area contributed by atoms with Crippen molar-refractivity contribution in [2.24, 2.45) is 0 Å². The molecule has 0 unspecified atom stereocenters. The number of aromatic amines is 1. The zero-order valence-electron chi connectivity index (χ0n) is 16.0. The van der Waals surface area contributed by atoms with Crippen LogP contribution in [0.1, 0.15) is 38.8 Å². The number of nitrogens with zero attached hydrogens (tertiary/aromatic N) is 3. The number of fused-ring (bicyclic) bond motifs is 1. The Morgan fingerprint density at radius 1 is 1.14 bits per heavy atom. The Bertz CT molecular complexity index is 1140. The van der Waals surface area contributed by atoms with Crippen LogP contribution < -0.4 is 0 Å². The number of nitrogens with one attached hydrogen (secondary N) is 1.